The molecular formula is C16H22N2O. The van der Waals surface area contributed by atoms with Crippen LogP contribution in [0.2, 0.25) is 0 Å². The molecule has 0 bridgehead atoms. The molecule has 0 fully saturated rings. The molecule has 0 aliphatic rings. The highest BCUT2D eigenvalue weighted by molar-refractivity contribution is 5.30. The van der Waals surface area contributed by atoms with Crippen molar-refractivity contribution in [1.82, 2.24) is 9.78 Å². The molecule has 2 aromatic rings. The number of aliphatic hydroxyl groups is 1. The molecule has 3 nitrogen and oxygen atoms in total. The second-order valence-corrected chi connectivity index (χ2v) is 5.32. The van der Waals surface area contributed by atoms with E-state index >= 15 is 0 Å². The van der Waals surface area contributed by atoms with Gasteiger partial charge in [-0.25, -0.2) is 0 Å². The maximum absolute atomic E-state index is 9.65. The summed E-state index contributed by atoms with van der Waals surface area (Å²) in [5, 5.41) is 14.2. The molecule has 1 N–H and O–H groups in total. The van der Waals surface area contributed by atoms with Crippen LogP contribution >= 0.6 is 0 Å². The fraction of sp³-hybridized carbons (Fsp3) is 0.438. The van der Waals surface area contributed by atoms with Crippen LogP contribution in [0.5, 0.6) is 0 Å². The molecule has 1 aromatic heterocycles. The van der Waals surface area contributed by atoms with Crippen molar-refractivity contribution < 1.29 is 5.11 Å². The molecule has 19 heavy (non-hydrogen) atoms. The zero-order valence-electron chi connectivity index (χ0n) is 11.9. The van der Waals surface area contributed by atoms with E-state index < -0.39 is 0 Å². The van der Waals surface area contributed by atoms with Crippen molar-refractivity contribution in [3.8, 4) is 0 Å². The molecule has 0 radical (unpaired) electrons. The Morgan fingerprint density at radius 1 is 1.21 bits per heavy atom. The molecular weight excluding hydrogens is 236 g/mol. The standard InChI is InChI=1S/C16H22N2O/c1-12(2)18-9-8-15(17-18)10-14(11-19)16-7-5-4-6-13(16)3/h4-9,12,14,19H,10-11H2,1-3H3. The normalized spacial score (nSPS) is 12.9. The predicted molar refractivity (Wildman–Crippen MR) is 77.3 cm³/mol. The third kappa shape index (κ3) is 3.24. The maximum Gasteiger partial charge on any atom is 0.0631 e. The first-order valence-electron chi connectivity index (χ1n) is 6.82. The Balaban J connectivity index is 2.17. The monoisotopic (exact) mass is 258 g/mol. The minimum atomic E-state index is 0.122. The van der Waals surface area contributed by atoms with E-state index in [1.807, 2.05) is 29.1 Å². The van der Waals surface area contributed by atoms with E-state index in [4.69, 9.17) is 0 Å². The summed E-state index contributed by atoms with van der Waals surface area (Å²) < 4.78 is 1.96. The Kier molecular flexibility index (Phi) is 4.38. The first kappa shape index (κ1) is 13.8. The first-order valence-corrected chi connectivity index (χ1v) is 6.82. The minimum absolute atomic E-state index is 0.122. The smallest absolute Gasteiger partial charge is 0.0631 e. The largest absolute Gasteiger partial charge is 0.396 e. The molecule has 2 rings (SSSR count). The van der Waals surface area contributed by atoms with Crippen LogP contribution in [-0.2, 0) is 6.42 Å². The van der Waals surface area contributed by atoms with E-state index in [1.54, 1.807) is 0 Å². The summed E-state index contributed by atoms with van der Waals surface area (Å²) in [5.74, 6) is 0.122. The molecule has 1 unspecified atom stereocenters. The van der Waals surface area contributed by atoms with E-state index in [1.165, 1.54) is 11.1 Å². The molecule has 1 heterocycles. The van der Waals surface area contributed by atoms with Gasteiger partial charge in [0.25, 0.3) is 0 Å². The highest BCUT2D eigenvalue weighted by Gasteiger charge is 2.15. The van der Waals surface area contributed by atoms with E-state index in [-0.39, 0.29) is 12.5 Å². The van der Waals surface area contributed by atoms with Gasteiger partial charge in [0.15, 0.2) is 0 Å². The van der Waals surface area contributed by atoms with Gasteiger partial charge in [0.05, 0.1) is 12.3 Å². The number of aryl methyl sites for hydroxylation is 1. The van der Waals surface area contributed by atoms with Gasteiger partial charge < -0.3 is 5.11 Å². The van der Waals surface area contributed by atoms with Crippen LogP contribution < -0.4 is 0 Å². The van der Waals surface area contributed by atoms with Crippen molar-refractivity contribution in [2.45, 2.75) is 39.2 Å². The molecule has 0 aliphatic carbocycles. The van der Waals surface area contributed by atoms with Crippen LogP contribution in [-0.4, -0.2) is 21.5 Å². The fourth-order valence-electron chi connectivity index (χ4n) is 2.34. The number of hydrogen-bond acceptors (Lipinski definition) is 2. The zero-order chi connectivity index (χ0) is 13.8. The fourth-order valence-corrected chi connectivity index (χ4v) is 2.34. The van der Waals surface area contributed by atoms with Gasteiger partial charge in [0, 0.05) is 24.6 Å². The lowest BCUT2D eigenvalue weighted by atomic mass is 9.92. The summed E-state index contributed by atoms with van der Waals surface area (Å²) in [6.07, 6.45) is 2.79. The van der Waals surface area contributed by atoms with Crippen LogP contribution in [0.15, 0.2) is 36.5 Å². The van der Waals surface area contributed by atoms with Crippen LogP contribution in [0.4, 0.5) is 0 Å². The molecule has 1 aromatic carbocycles. The van der Waals surface area contributed by atoms with Crippen molar-refractivity contribution in [3.63, 3.8) is 0 Å². The van der Waals surface area contributed by atoms with Gasteiger partial charge in [-0.3, -0.25) is 4.68 Å². The summed E-state index contributed by atoms with van der Waals surface area (Å²) in [7, 11) is 0. The Bertz CT molecular complexity index is 531. The first-order chi connectivity index (χ1) is 9.11. The van der Waals surface area contributed by atoms with E-state index in [0.717, 1.165) is 12.1 Å². The van der Waals surface area contributed by atoms with Crippen molar-refractivity contribution in [2.75, 3.05) is 6.61 Å². The average molecular weight is 258 g/mol. The molecule has 0 saturated heterocycles. The van der Waals surface area contributed by atoms with Crippen LogP contribution in [0.3, 0.4) is 0 Å². The molecule has 3 heteroatoms. The van der Waals surface area contributed by atoms with Gasteiger partial charge in [0.2, 0.25) is 0 Å². The van der Waals surface area contributed by atoms with Crippen molar-refractivity contribution in [1.29, 1.82) is 0 Å². The van der Waals surface area contributed by atoms with Gasteiger partial charge in [0.1, 0.15) is 0 Å². The molecule has 1 atom stereocenters. The summed E-state index contributed by atoms with van der Waals surface area (Å²) >= 11 is 0. The third-order valence-corrected chi connectivity index (χ3v) is 3.50. The number of aromatic nitrogens is 2. The van der Waals surface area contributed by atoms with E-state index in [2.05, 4.69) is 38.0 Å². The minimum Gasteiger partial charge on any atom is -0.396 e. The van der Waals surface area contributed by atoms with Gasteiger partial charge >= 0.3 is 0 Å². The molecule has 0 saturated carbocycles. The number of rotatable bonds is 5. The number of hydrogen-bond donors (Lipinski definition) is 1. The SMILES string of the molecule is Cc1ccccc1C(CO)Cc1ccn(C(C)C)n1. The predicted octanol–water partition coefficient (Wildman–Crippen LogP) is 3.09. The number of nitrogens with zero attached hydrogens (tertiary/aromatic N) is 2. The van der Waals surface area contributed by atoms with E-state index in [0.29, 0.717) is 6.04 Å². The topological polar surface area (TPSA) is 38.0 Å². The highest BCUT2D eigenvalue weighted by Crippen LogP contribution is 2.23. The Morgan fingerprint density at radius 3 is 2.53 bits per heavy atom. The summed E-state index contributed by atoms with van der Waals surface area (Å²) in [6, 6.07) is 10.7. The summed E-state index contributed by atoms with van der Waals surface area (Å²) in [6.45, 7) is 6.47. The van der Waals surface area contributed by atoms with E-state index in [9.17, 15) is 5.11 Å². The lowest BCUT2D eigenvalue weighted by molar-refractivity contribution is 0.263. The highest BCUT2D eigenvalue weighted by atomic mass is 16.3. The third-order valence-electron chi connectivity index (χ3n) is 3.50. The van der Waals surface area contributed by atoms with Crippen molar-refractivity contribution in [3.05, 3.63) is 53.3 Å². The van der Waals surface area contributed by atoms with Crippen LogP contribution in [0.25, 0.3) is 0 Å². The summed E-state index contributed by atoms with van der Waals surface area (Å²) in [5.41, 5.74) is 3.48. The summed E-state index contributed by atoms with van der Waals surface area (Å²) in [4.78, 5) is 0. The lowest BCUT2D eigenvalue weighted by Gasteiger charge is -2.16. The number of aliphatic hydroxyl groups excluding tert-OH is 1. The molecule has 102 valence electrons. The zero-order valence-corrected chi connectivity index (χ0v) is 11.9. The molecule has 0 spiro atoms. The van der Waals surface area contributed by atoms with Gasteiger partial charge in [-0.2, -0.15) is 5.10 Å². The Morgan fingerprint density at radius 2 is 1.95 bits per heavy atom. The number of benzene rings is 1. The van der Waals surface area contributed by atoms with Gasteiger partial charge in [-0.1, -0.05) is 24.3 Å². The van der Waals surface area contributed by atoms with Gasteiger partial charge in [-0.15, -0.1) is 0 Å². The molecule has 0 aliphatic heterocycles. The Labute approximate surface area is 114 Å². The molecule has 0 amide bonds. The maximum atomic E-state index is 9.65. The second-order valence-electron chi connectivity index (χ2n) is 5.32. The quantitative estimate of drug-likeness (QED) is 0.895. The van der Waals surface area contributed by atoms with Crippen LogP contribution in [0.1, 0.15) is 42.6 Å². The van der Waals surface area contributed by atoms with Gasteiger partial charge in [-0.05, 0) is 38.0 Å². The average Bonchev–Trinajstić information content (AvgIpc) is 2.86. The Hall–Kier alpha value is -1.61. The van der Waals surface area contributed by atoms with Crippen LogP contribution in [0, 0.1) is 6.92 Å². The van der Waals surface area contributed by atoms with Crippen molar-refractivity contribution >= 4 is 0 Å². The lowest BCUT2D eigenvalue weighted by Crippen LogP contribution is -2.10. The van der Waals surface area contributed by atoms with Crippen molar-refractivity contribution in [2.24, 2.45) is 0 Å². The second kappa shape index (κ2) is 6.02.